The Morgan fingerprint density at radius 3 is 2.45 bits per heavy atom. The fourth-order valence-electron chi connectivity index (χ4n) is 3.54. The van der Waals surface area contributed by atoms with Gasteiger partial charge in [0, 0.05) is 12.1 Å². The summed E-state index contributed by atoms with van der Waals surface area (Å²) in [4.78, 5) is 21.2. The molecule has 9 heteroatoms. The molecule has 150 valence electrons. The van der Waals surface area contributed by atoms with Crippen molar-refractivity contribution in [2.75, 3.05) is 11.4 Å². The lowest BCUT2D eigenvalue weighted by molar-refractivity contribution is -0.146. The molecule has 0 saturated carbocycles. The number of nitrogens with zero attached hydrogens (tertiary/aromatic N) is 3. The van der Waals surface area contributed by atoms with Gasteiger partial charge in [0.25, 0.3) is 0 Å². The summed E-state index contributed by atoms with van der Waals surface area (Å²) < 4.78 is 54.0. The monoisotopic (exact) mass is 405 g/mol. The van der Waals surface area contributed by atoms with E-state index in [9.17, 15) is 27.5 Å². The predicted octanol–water partition coefficient (Wildman–Crippen LogP) is 4.67. The van der Waals surface area contributed by atoms with Gasteiger partial charge in [0.15, 0.2) is 5.82 Å². The molecule has 29 heavy (non-hydrogen) atoms. The van der Waals surface area contributed by atoms with Crippen molar-refractivity contribution in [2.24, 2.45) is 0 Å². The number of hydrogen-bond donors (Lipinski definition) is 1. The van der Waals surface area contributed by atoms with E-state index < -0.39 is 24.0 Å². The maximum atomic E-state index is 13.6. The normalized spacial score (nSPS) is 17.1. The topological polar surface area (TPSA) is 66.3 Å². The summed E-state index contributed by atoms with van der Waals surface area (Å²) in [7, 11) is 0. The zero-order chi connectivity index (χ0) is 20.8. The fraction of sp³-hybridized carbons (Fsp3) is 0.250. The van der Waals surface area contributed by atoms with Crippen LogP contribution in [0.3, 0.4) is 0 Å². The first-order chi connectivity index (χ1) is 13.7. The summed E-state index contributed by atoms with van der Waals surface area (Å²) >= 11 is 0. The second kappa shape index (κ2) is 6.98. The van der Waals surface area contributed by atoms with E-state index in [2.05, 4.69) is 9.97 Å². The van der Waals surface area contributed by atoms with E-state index in [1.54, 1.807) is 0 Å². The van der Waals surface area contributed by atoms with Crippen molar-refractivity contribution in [3.63, 3.8) is 0 Å². The van der Waals surface area contributed by atoms with Gasteiger partial charge in [-0.2, -0.15) is 13.2 Å². The Morgan fingerprint density at radius 1 is 1.07 bits per heavy atom. The summed E-state index contributed by atoms with van der Waals surface area (Å²) in [6.45, 7) is 0.136. The molecular weight excluding hydrogens is 390 g/mol. The smallest absolute Gasteiger partial charge is 0.408 e. The van der Waals surface area contributed by atoms with Crippen LogP contribution < -0.4 is 4.90 Å². The van der Waals surface area contributed by atoms with Gasteiger partial charge in [-0.15, -0.1) is 0 Å². The first-order valence-electron chi connectivity index (χ1n) is 8.88. The summed E-state index contributed by atoms with van der Waals surface area (Å²) in [6, 6.07) is 7.62. The maximum Gasteiger partial charge on any atom is 0.408 e. The molecule has 0 amide bonds. The van der Waals surface area contributed by atoms with Crippen molar-refractivity contribution in [2.45, 2.75) is 25.1 Å². The first-order valence-corrected chi connectivity index (χ1v) is 8.88. The number of carboxylic acids is 1. The van der Waals surface area contributed by atoms with Crippen molar-refractivity contribution < 1.29 is 27.5 Å². The Morgan fingerprint density at radius 2 is 1.79 bits per heavy atom. The molecule has 0 radical (unpaired) electrons. The van der Waals surface area contributed by atoms with Crippen LogP contribution in [0, 0.1) is 5.82 Å². The van der Waals surface area contributed by atoms with Crippen LogP contribution in [-0.2, 0) is 0 Å². The van der Waals surface area contributed by atoms with Crippen molar-refractivity contribution in [1.82, 2.24) is 9.97 Å². The maximum absolute atomic E-state index is 13.6. The van der Waals surface area contributed by atoms with Crippen LogP contribution >= 0.6 is 0 Å². The summed E-state index contributed by atoms with van der Waals surface area (Å²) in [6.07, 6.45) is -4.18. The molecule has 2 heterocycles. The lowest BCUT2D eigenvalue weighted by Crippen LogP contribution is -2.42. The van der Waals surface area contributed by atoms with Gasteiger partial charge in [0.1, 0.15) is 17.6 Å². The zero-order valence-electron chi connectivity index (χ0n) is 14.9. The highest BCUT2D eigenvalue weighted by Gasteiger charge is 2.47. The minimum absolute atomic E-state index is 0.00599. The number of rotatable bonds is 3. The second-order valence-corrected chi connectivity index (χ2v) is 6.80. The quantitative estimate of drug-likeness (QED) is 0.642. The number of aromatic nitrogens is 2. The molecule has 0 spiro atoms. The standard InChI is InChI=1S/C20H15F4N3O2/c21-13-6-3-11(4-7-13)17-18(27-9-1-2-16(27)20(22,23)24)26-15-10-12(19(28)29)5-8-14(15)25-17/h3-8,10,16H,1-2,9H2,(H,28,29)/t16-/m1/s1. The molecule has 3 aromatic rings. The van der Waals surface area contributed by atoms with Crippen LogP contribution in [0.1, 0.15) is 23.2 Å². The number of halogens is 4. The summed E-state index contributed by atoms with van der Waals surface area (Å²) in [5.74, 6) is -1.65. The molecule has 1 aliphatic heterocycles. The van der Waals surface area contributed by atoms with Gasteiger partial charge in [0.2, 0.25) is 0 Å². The molecule has 4 rings (SSSR count). The van der Waals surface area contributed by atoms with Gasteiger partial charge >= 0.3 is 12.1 Å². The summed E-state index contributed by atoms with van der Waals surface area (Å²) in [5, 5.41) is 9.19. The Bertz CT molecular complexity index is 1080. The Labute approximate surface area is 162 Å². The molecule has 2 aromatic carbocycles. The van der Waals surface area contributed by atoms with Gasteiger partial charge in [0.05, 0.1) is 16.6 Å². The molecule has 0 bridgehead atoms. The third-order valence-corrected chi connectivity index (χ3v) is 4.91. The number of carbonyl (C=O) groups is 1. The van der Waals surface area contributed by atoms with Crippen molar-refractivity contribution in [3.05, 3.63) is 53.8 Å². The number of fused-ring (bicyclic) bond motifs is 1. The Balaban J connectivity index is 1.94. The van der Waals surface area contributed by atoms with Gasteiger partial charge < -0.3 is 10.0 Å². The lowest BCUT2D eigenvalue weighted by atomic mass is 10.1. The number of anilines is 1. The highest BCUT2D eigenvalue weighted by atomic mass is 19.4. The van der Waals surface area contributed by atoms with Crippen molar-refractivity contribution in [3.8, 4) is 11.3 Å². The van der Waals surface area contributed by atoms with E-state index in [1.165, 1.54) is 42.5 Å². The number of benzene rings is 2. The molecule has 1 atom stereocenters. The molecule has 1 aromatic heterocycles. The van der Waals surface area contributed by atoms with E-state index in [0.29, 0.717) is 17.5 Å². The first kappa shape index (κ1) is 19.1. The van der Waals surface area contributed by atoms with Gasteiger partial charge in [-0.25, -0.2) is 19.2 Å². The Hall–Kier alpha value is -3.23. The van der Waals surface area contributed by atoms with Crippen LogP contribution in [0.25, 0.3) is 22.3 Å². The highest BCUT2D eigenvalue weighted by Crippen LogP contribution is 2.39. The molecule has 1 aliphatic rings. The average Bonchev–Trinajstić information content (AvgIpc) is 3.17. The van der Waals surface area contributed by atoms with E-state index in [1.807, 2.05) is 0 Å². The fourth-order valence-corrected chi connectivity index (χ4v) is 3.54. The van der Waals surface area contributed by atoms with E-state index >= 15 is 0 Å². The molecule has 1 saturated heterocycles. The number of alkyl halides is 3. The highest BCUT2D eigenvalue weighted by molar-refractivity contribution is 5.93. The average molecular weight is 405 g/mol. The van der Waals surface area contributed by atoms with Crippen LogP contribution in [0.2, 0.25) is 0 Å². The van der Waals surface area contributed by atoms with Gasteiger partial charge in [-0.05, 0) is 55.3 Å². The number of carboxylic acid groups (broad SMARTS) is 1. The third-order valence-electron chi connectivity index (χ3n) is 4.91. The molecule has 0 unspecified atom stereocenters. The van der Waals surface area contributed by atoms with Crippen LogP contribution in [0.15, 0.2) is 42.5 Å². The van der Waals surface area contributed by atoms with Crippen molar-refractivity contribution in [1.29, 1.82) is 0 Å². The predicted molar refractivity (Wildman–Crippen MR) is 98.3 cm³/mol. The minimum atomic E-state index is -4.45. The molecular formula is C20H15F4N3O2. The largest absolute Gasteiger partial charge is 0.478 e. The summed E-state index contributed by atoms with van der Waals surface area (Å²) in [5.41, 5.74) is 1.09. The van der Waals surface area contributed by atoms with Gasteiger partial charge in [-0.3, -0.25) is 0 Å². The SMILES string of the molecule is O=C(O)c1ccc2nc(-c3ccc(F)cc3)c(N3CCC[C@@H]3C(F)(F)F)nc2c1. The minimum Gasteiger partial charge on any atom is -0.478 e. The van der Waals surface area contributed by atoms with E-state index in [-0.39, 0.29) is 35.6 Å². The van der Waals surface area contributed by atoms with Crippen LogP contribution in [0.4, 0.5) is 23.4 Å². The zero-order valence-corrected chi connectivity index (χ0v) is 14.9. The molecule has 1 fully saturated rings. The molecule has 0 aliphatic carbocycles. The van der Waals surface area contributed by atoms with E-state index in [4.69, 9.17) is 0 Å². The van der Waals surface area contributed by atoms with Gasteiger partial charge in [-0.1, -0.05) is 0 Å². The third kappa shape index (κ3) is 3.59. The molecule has 5 nitrogen and oxygen atoms in total. The van der Waals surface area contributed by atoms with E-state index in [0.717, 1.165) is 4.90 Å². The number of aromatic carboxylic acids is 1. The molecule has 1 N–H and O–H groups in total. The van der Waals surface area contributed by atoms with Crippen LogP contribution in [-0.4, -0.2) is 39.8 Å². The Kier molecular flexibility index (Phi) is 4.60. The van der Waals surface area contributed by atoms with Crippen molar-refractivity contribution >= 4 is 22.8 Å². The number of hydrogen-bond acceptors (Lipinski definition) is 4. The second-order valence-electron chi connectivity index (χ2n) is 6.80. The van der Waals surface area contributed by atoms with Crippen LogP contribution in [0.5, 0.6) is 0 Å². The lowest BCUT2D eigenvalue weighted by Gasteiger charge is -2.29.